The maximum Gasteiger partial charge on any atom is 0.132 e. The minimum absolute atomic E-state index is 0.776. The molecule has 0 fully saturated rings. The number of hydrogen-bond donors (Lipinski definition) is 0. The van der Waals surface area contributed by atoms with Crippen LogP contribution in [-0.4, -0.2) is 9.97 Å². The lowest BCUT2D eigenvalue weighted by Crippen LogP contribution is -1.98. The van der Waals surface area contributed by atoms with Crippen LogP contribution in [0, 0.1) is 0 Å². The van der Waals surface area contributed by atoms with Gasteiger partial charge in [-0.2, -0.15) is 0 Å². The summed E-state index contributed by atoms with van der Waals surface area (Å²) in [4.78, 5) is 8.94. The van der Waals surface area contributed by atoms with Gasteiger partial charge in [-0.3, -0.25) is 0 Å². The molecule has 0 atom stereocenters. The smallest absolute Gasteiger partial charge is 0.132 e. The molecule has 0 unspecified atom stereocenters. The number of hydrogen-bond acceptors (Lipinski definition) is 2. The Kier molecular flexibility index (Phi) is 6.89. The zero-order valence-electron chi connectivity index (χ0n) is 18.5. The molecule has 0 bridgehead atoms. The first-order valence-corrected chi connectivity index (χ1v) is 11.2. The summed E-state index contributed by atoms with van der Waals surface area (Å²) in [6, 6.07) is 26.8. The fraction of sp³-hybridized carbons (Fsp3) is 0.241. The largest absolute Gasteiger partial charge is 0.241 e. The second kappa shape index (κ2) is 10.2. The molecule has 0 radical (unpaired) electrons. The van der Waals surface area contributed by atoms with Crippen molar-refractivity contribution in [3.05, 3.63) is 130 Å². The molecule has 0 saturated carbocycles. The Morgan fingerprint density at radius 2 is 0.742 bits per heavy atom. The highest BCUT2D eigenvalue weighted by atomic mass is 14.9. The molecule has 4 aromatic rings. The van der Waals surface area contributed by atoms with Gasteiger partial charge < -0.3 is 0 Å². The van der Waals surface area contributed by atoms with Gasteiger partial charge in [-0.25, -0.2) is 9.97 Å². The molecule has 0 amide bonds. The monoisotopic (exact) mass is 406 g/mol. The van der Waals surface area contributed by atoms with E-state index in [1.807, 2.05) is 12.4 Å². The minimum Gasteiger partial charge on any atom is -0.241 e. The number of benzene rings is 3. The van der Waals surface area contributed by atoms with Gasteiger partial charge in [0.25, 0.3) is 0 Å². The lowest BCUT2D eigenvalue weighted by Gasteiger charge is -2.07. The minimum atomic E-state index is 0.776. The van der Waals surface area contributed by atoms with Crippen molar-refractivity contribution in [3.8, 4) is 0 Å². The molecule has 1 heterocycles. The normalized spacial score (nSPS) is 10.9. The summed E-state index contributed by atoms with van der Waals surface area (Å²) in [5.74, 6) is 0.880. The van der Waals surface area contributed by atoms with E-state index in [0.29, 0.717) is 0 Å². The van der Waals surface area contributed by atoms with Crippen molar-refractivity contribution in [1.29, 1.82) is 0 Å². The van der Waals surface area contributed by atoms with Crippen LogP contribution in [0.2, 0.25) is 0 Å². The summed E-state index contributed by atoms with van der Waals surface area (Å²) in [5, 5.41) is 0. The topological polar surface area (TPSA) is 25.8 Å². The van der Waals surface area contributed by atoms with Crippen LogP contribution < -0.4 is 0 Å². The predicted octanol–water partition coefficient (Wildman–Crippen LogP) is 6.37. The summed E-state index contributed by atoms with van der Waals surface area (Å²) in [6.45, 7) is 4.32. The van der Waals surface area contributed by atoms with Crippen molar-refractivity contribution < 1.29 is 0 Å². The highest BCUT2D eigenvalue weighted by Gasteiger charge is 2.03. The van der Waals surface area contributed by atoms with Crippen molar-refractivity contribution in [2.24, 2.45) is 0 Å². The van der Waals surface area contributed by atoms with Gasteiger partial charge in [-0.15, -0.1) is 0 Å². The molecule has 2 heteroatoms. The van der Waals surface area contributed by atoms with Gasteiger partial charge in [0.1, 0.15) is 5.82 Å². The van der Waals surface area contributed by atoms with Crippen LogP contribution >= 0.6 is 0 Å². The van der Waals surface area contributed by atoms with E-state index in [1.165, 1.54) is 38.9 Å². The van der Waals surface area contributed by atoms with E-state index in [0.717, 1.165) is 37.9 Å². The molecular formula is C29H30N2. The van der Waals surface area contributed by atoms with E-state index >= 15 is 0 Å². The molecule has 3 aromatic carbocycles. The number of aryl methyl sites for hydroxylation is 2. The third-order valence-corrected chi connectivity index (χ3v) is 5.82. The van der Waals surface area contributed by atoms with Gasteiger partial charge in [0.2, 0.25) is 0 Å². The highest BCUT2D eigenvalue weighted by Crippen LogP contribution is 2.16. The van der Waals surface area contributed by atoms with Crippen LogP contribution in [-0.2, 0) is 32.1 Å². The molecule has 0 N–H and O–H groups in total. The van der Waals surface area contributed by atoms with Gasteiger partial charge in [-0.05, 0) is 64.6 Å². The Hall–Kier alpha value is -3.26. The van der Waals surface area contributed by atoms with E-state index in [9.17, 15) is 0 Å². The maximum atomic E-state index is 4.47. The third-order valence-electron chi connectivity index (χ3n) is 5.82. The maximum absolute atomic E-state index is 4.47. The first-order valence-electron chi connectivity index (χ1n) is 11.2. The lowest BCUT2D eigenvalue weighted by molar-refractivity contribution is 0.934. The Balaban J connectivity index is 1.34. The van der Waals surface area contributed by atoms with Crippen LogP contribution in [0.3, 0.4) is 0 Å². The van der Waals surface area contributed by atoms with Gasteiger partial charge in [0.15, 0.2) is 0 Å². The van der Waals surface area contributed by atoms with E-state index in [4.69, 9.17) is 0 Å². The fourth-order valence-corrected chi connectivity index (χ4v) is 3.75. The van der Waals surface area contributed by atoms with E-state index in [-0.39, 0.29) is 0 Å². The summed E-state index contributed by atoms with van der Waals surface area (Å²) in [6.07, 6.45) is 8.64. The van der Waals surface area contributed by atoms with Crippen molar-refractivity contribution >= 4 is 0 Å². The SMILES string of the molecule is CCc1ccc(Cc2ccc(Cc3ccc(Cc4ncc(CC)cn4)cc3)cc2)cc1. The summed E-state index contributed by atoms with van der Waals surface area (Å²) >= 11 is 0. The molecule has 0 spiro atoms. The zero-order chi connectivity index (χ0) is 21.5. The van der Waals surface area contributed by atoms with Crippen molar-refractivity contribution in [2.75, 3.05) is 0 Å². The number of rotatable bonds is 8. The Bertz CT molecular complexity index is 987. The third kappa shape index (κ3) is 5.88. The highest BCUT2D eigenvalue weighted by molar-refractivity contribution is 5.34. The molecule has 0 aliphatic heterocycles. The second-order valence-electron chi connectivity index (χ2n) is 8.19. The molecule has 2 nitrogen and oxygen atoms in total. The molecule has 4 rings (SSSR count). The van der Waals surface area contributed by atoms with Gasteiger partial charge in [0, 0.05) is 18.8 Å². The summed E-state index contributed by atoms with van der Waals surface area (Å²) in [5.41, 5.74) is 9.22. The number of aromatic nitrogens is 2. The quantitative estimate of drug-likeness (QED) is 0.339. The van der Waals surface area contributed by atoms with Crippen molar-refractivity contribution in [2.45, 2.75) is 46.0 Å². The molecule has 31 heavy (non-hydrogen) atoms. The van der Waals surface area contributed by atoms with Crippen LogP contribution in [0.25, 0.3) is 0 Å². The first kappa shape index (κ1) is 21.0. The first-order chi connectivity index (χ1) is 15.2. The zero-order valence-corrected chi connectivity index (χ0v) is 18.5. The molecule has 1 aromatic heterocycles. The Morgan fingerprint density at radius 3 is 1.10 bits per heavy atom. The molecule has 0 saturated heterocycles. The van der Waals surface area contributed by atoms with Gasteiger partial charge in [-0.1, -0.05) is 86.6 Å². The Labute approximate surface area is 186 Å². The summed E-state index contributed by atoms with van der Waals surface area (Å²) in [7, 11) is 0. The number of nitrogens with zero attached hydrogens (tertiary/aromatic N) is 2. The average Bonchev–Trinajstić information content (AvgIpc) is 2.82. The fourth-order valence-electron chi connectivity index (χ4n) is 3.75. The van der Waals surface area contributed by atoms with Crippen LogP contribution in [0.15, 0.2) is 85.2 Å². The van der Waals surface area contributed by atoms with Crippen molar-refractivity contribution in [3.63, 3.8) is 0 Å². The van der Waals surface area contributed by atoms with Gasteiger partial charge >= 0.3 is 0 Å². The molecular weight excluding hydrogens is 376 g/mol. The molecule has 0 aliphatic carbocycles. The predicted molar refractivity (Wildman–Crippen MR) is 129 cm³/mol. The molecule has 156 valence electrons. The van der Waals surface area contributed by atoms with E-state index in [2.05, 4.69) is 96.6 Å². The van der Waals surface area contributed by atoms with Crippen LogP contribution in [0.5, 0.6) is 0 Å². The van der Waals surface area contributed by atoms with Crippen LogP contribution in [0.1, 0.15) is 58.6 Å². The average molecular weight is 407 g/mol. The van der Waals surface area contributed by atoms with Crippen molar-refractivity contribution in [1.82, 2.24) is 9.97 Å². The molecule has 0 aliphatic rings. The van der Waals surface area contributed by atoms with E-state index in [1.54, 1.807) is 0 Å². The Morgan fingerprint density at radius 1 is 0.419 bits per heavy atom. The van der Waals surface area contributed by atoms with E-state index < -0.39 is 0 Å². The van der Waals surface area contributed by atoms with Crippen LogP contribution in [0.4, 0.5) is 0 Å². The van der Waals surface area contributed by atoms with Gasteiger partial charge in [0.05, 0.1) is 0 Å². The summed E-state index contributed by atoms with van der Waals surface area (Å²) < 4.78 is 0. The second-order valence-corrected chi connectivity index (χ2v) is 8.19. The standard InChI is InChI=1S/C29H30N2/c1-3-22-5-7-24(8-6-22)17-25-9-11-26(12-10-25)18-27-13-15-28(16-14-27)19-29-30-20-23(4-2)21-31-29/h5-16,20-21H,3-4,17-19H2,1-2H3. The lowest BCUT2D eigenvalue weighted by atomic mass is 9.99.